The van der Waals surface area contributed by atoms with Crippen molar-refractivity contribution in [2.75, 3.05) is 20.2 Å². The standard InChI is InChI=1S/C23H27N3O2S/c1-28-18-6-4-5-16(13-18)9-12-26-15-24-22-21(23(26)27)19-8-7-17(14-20(19)29-22)25-10-2-3-11-25/h4-6,13,15,17H,2-3,7-12,14H2,1H3/t17-/m1/s1. The van der Waals surface area contributed by atoms with Crippen molar-refractivity contribution in [1.82, 2.24) is 14.5 Å². The SMILES string of the molecule is COc1cccc(CCn2cnc3sc4c(c3c2=O)CC[C@@H](N2CCCC2)C4)c1. The van der Waals surface area contributed by atoms with Crippen molar-refractivity contribution < 1.29 is 4.74 Å². The smallest absolute Gasteiger partial charge is 0.262 e. The number of aromatic nitrogens is 2. The van der Waals surface area contributed by atoms with E-state index in [4.69, 9.17) is 4.74 Å². The van der Waals surface area contributed by atoms with Crippen molar-refractivity contribution in [2.24, 2.45) is 0 Å². The Morgan fingerprint density at radius 3 is 2.97 bits per heavy atom. The van der Waals surface area contributed by atoms with E-state index in [0.29, 0.717) is 12.6 Å². The fourth-order valence-corrected chi connectivity index (χ4v) is 6.09. The monoisotopic (exact) mass is 409 g/mol. The van der Waals surface area contributed by atoms with Gasteiger partial charge >= 0.3 is 0 Å². The molecule has 3 heterocycles. The van der Waals surface area contributed by atoms with Gasteiger partial charge < -0.3 is 9.64 Å². The van der Waals surface area contributed by atoms with E-state index in [-0.39, 0.29) is 5.56 Å². The number of ether oxygens (including phenoxy) is 1. The van der Waals surface area contributed by atoms with Gasteiger partial charge in [-0.15, -0.1) is 11.3 Å². The van der Waals surface area contributed by atoms with Gasteiger partial charge in [0.25, 0.3) is 5.56 Å². The maximum absolute atomic E-state index is 13.2. The molecule has 6 heteroatoms. The number of aryl methyl sites for hydroxylation is 3. The van der Waals surface area contributed by atoms with Gasteiger partial charge in [0.15, 0.2) is 0 Å². The Kier molecular flexibility index (Phi) is 5.14. The van der Waals surface area contributed by atoms with E-state index in [1.807, 2.05) is 18.2 Å². The molecule has 1 atom stereocenters. The van der Waals surface area contributed by atoms with Gasteiger partial charge in [-0.3, -0.25) is 9.36 Å². The van der Waals surface area contributed by atoms with Crippen molar-refractivity contribution in [3.05, 3.63) is 57.0 Å². The summed E-state index contributed by atoms with van der Waals surface area (Å²) in [5, 5.41) is 0.873. The topological polar surface area (TPSA) is 47.4 Å². The van der Waals surface area contributed by atoms with Crippen molar-refractivity contribution >= 4 is 21.6 Å². The Bertz CT molecular complexity index is 1080. The molecule has 1 fully saturated rings. The highest BCUT2D eigenvalue weighted by molar-refractivity contribution is 7.18. The Morgan fingerprint density at radius 2 is 2.14 bits per heavy atom. The van der Waals surface area contributed by atoms with Gasteiger partial charge in [0, 0.05) is 17.5 Å². The summed E-state index contributed by atoms with van der Waals surface area (Å²) >= 11 is 1.74. The Morgan fingerprint density at radius 1 is 1.28 bits per heavy atom. The third-order valence-corrected chi connectivity index (χ3v) is 7.60. The molecule has 0 N–H and O–H groups in total. The van der Waals surface area contributed by atoms with Crippen molar-refractivity contribution in [1.29, 1.82) is 0 Å². The van der Waals surface area contributed by atoms with Crippen molar-refractivity contribution in [3.63, 3.8) is 0 Å². The molecule has 0 saturated carbocycles. The summed E-state index contributed by atoms with van der Waals surface area (Å²) in [6.07, 6.45) is 8.42. The molecule has 5 rings (SSSR count). The number of fused-ring (bicyclic) bond motifs is 3. The van der Waals surface area contributed by atoms with Gasteiger partial charge in [0.1, 0.15) is 10.6 Å². The minimum atomic E-state index is 0.120. The third-order valence-electron chi connectivity index (χ3n) is 6.44. The number of hydrogen-bond acceptors (Lipinski definition) is 5. The normalized spacial score (nSPS) is 19.6. The number of nitrogens with zero attached hydrogens (tertiary/aromatic N) is 3. The van der Waals surface area contributed by atoms with Crippen LogP contribution in [0.1, 0.15) is 35.3 Å². The van der Waals surface area contributed by atoms with Crippen LogP contribution >= 0.6 is 11.3 Å². The van der Waals surface area contributed by atoms with Crippen LogP contribution in [0.4, 0.5) is 0 Å². The first kappa shape index (κ1) is 18.8. The largest absolute Gasteiger partial charge is 0.497 e. The summed E-state index contributed by atoms with van der Waals surface area (Å²) in [6.45, 7) is 3.11. The predicted molar refractivity (Wildman–Crippen MR) is 117 cm³/mol. The lowest BCUT2D eigenvalue weighted by atomic mass is 9.92. The van der Waals surface area contributed by atoms with Gasteiger partial charge in [0.2, 0.25) is 0 Å². The van der Waals surface area contributed by atoms with Crippen LogP contribution in [0.15, 0.2) is 35.4 Å². The van der Waals surface area contributed by atoms with Crippen LogP contribution in [0.2, 0.25) is 0 Å². The minimum absolute atomic E-state index is 0.120. The van der Waals surface area contributed by atoms with Gasteiger partial charge in [-0.2, -0.15) is 0 Å². The van der Waals surface area contributed by atoms with Crippen LogP contribution in [0, 0.1) is 0 Å². The van der Waals surface area contributed by atoms with Crippen LogP contribution in [0.3, 0.4) is 0 Å². The molecule has 29 heavy (non-hydrogen) atoms. The molecule has 0 unspecified atom stereocenters. The molecule has 0 spiro atoms. The predicted octanol–water partition coefficient (Wildman–Crippen LogP) is 3.66. The molecule has 5 nitrogen and oxygen atoms in total. The Hall–Kier alpha value is -2.18. The summed E-state index contributed by atoms with van der Waals surface area (Å²) < 4.78 is 7.08. The maximum atomic E-state index is 13.2. The second-order valence-electron chi connectivity index (χ2n) is 8.17. The van der Waals surface area contributed by atoms with E-state index in [0.717, 1.165) is 47.2 Å². The third kappa shape index (κ3) is 3.60. The molecule has 2 aliphatic rings. The molecule has 0 amide bonds. The first-order valence-electron chi connectivity index (χ1n) is 10.6. The molecule has 152 valence electrons. The van der Waals surface area contributed by atoms with E-state index in [2.05, 4.69) is 16.0 Å². The van der Waals surface area contributed by atoms with Crippen molar-refractivity contribution in [3.8, 4) is 5.75 Å². The van der Waals surface area contributed by atoms with Gasteiger partial charge in [-0.05, 0) is 74.9 Å². The van der Waals surface area contributed by atoms with E-state index < -0.39 is 0 Å². The molecule has 1 aromatic carbocycles. The Labute approximate surface area is 174 Å². The number of rotatable bonds is 5. The van der Waals surface area contributed by atoms with Crippen LogP contribution in [-0.2, 0) is 25.8 Å². The van der Waals surface area contributed by atoms with Gasteiger partial charge in [-0.25, -0.2) is 4.98 Å². The zero-order valence-electron chi connectivity index (χ0n) is 16.9. The number of benzene rings is 1. The fourth-order valence-electron chi connectivity index (χ4n) is 4.84. The van der Waals surface area contributed by atoms with E-state index in [1.54, 1.807) is 29.3 Å². The quantitative estimate of drug-likeness (QED) is 0.645. The molecule has 2 aromatic heterocycles. The average Bonchev–Trinajstić information content (AvgIpc) is 3.41. The highest BCUT2D eigenvalue weighted by atomic mass is 32.1. The second kappa shape index (κ2) is 7.92. The summed E-state index contributed by atoms with van der Waals surface area (Å²) in [4.78, 5) is 22.8. The first-order chi connectivity index (χ1) is 14.2. The minimum Gasteiger partial charge on any atom is -0.497 e. The van der Waals surface area contributed by atoms with Crippen LogP contribution in [-0.4, -0.2) is 40.7 Å². The summed E-state index contributed by atoms with van der Waals surface area (Å²) in [5.74, 6) is 0.850. The highest BCUT2D eigenvalue weighted by Crippen LogP contribution is 2.35. The molecular weight excluding hydrogens is 382 g/mol. The zero-order valence-corrected chi connectivity index (χ0v) is 17.7. The lowest BCUT2D eigenvalue weighted by Gasteiger charge is -2.30. The fraction of sp³-hybridized carbons (Fsp3) is 0.478. The van der Waals surface area contributed by atoms with E-state index in [1.165, 1.54) is 36.4 Å². The lowest BCUT2D eigenvalue weighted by molar-refractivity contribution is 0.224. The van der Waals surface area contributed by atoms with Crippen molar-refractivity contribution in [2.45, 2.75) is 51.1 Å². The molecule has 0 bridgehead atoms. The second-order valence-corrected chi connectivity index (χ2v) is 9.25. The molecule has 0 radical (unpaired) electrons. The number of hydrogen-bond donors (Lipinski definition) is 0. The summed E-state index contributed by atoms with van der Waals surface area (Å²) in [7, 11) is 1.68. The zero-order chi connectivity index (χ0) is 19.8. The Balaban J connectivity index is 1.39. The highest BCUT2D eigenvalue weighted by Gasteiger charge is 2.29. The molecule has 1 saturated heterocycles. The molecular formula is C23H27N3O2S. The molecule has 1 aliphatic heterocycles. The number of likely N-dealkylation sites (tertiary alicyclic amines) is 1. The first-order valence-corrected chi connectivity index (χ1v) is 11.4. The molecule has 3 aromatic rings. The van der Waals surface area contributed by atoms with Gasteiger partial charge in [0.05, 0.1) is 18.8 Å². The van der Waals surface area contributed by atoms with Crippen LogP contribution in [0.5, 0.6) is 5.75 Å². The van der Waals surface area contributed by atoms with E-state index in [9.17, 15) is 4.79 Å². The number of thiophene rings is 1. The van der Waals surface area contributed by atoms with Crippen LogP contribution < -0.4 is 10.3 Å². The maximum Gasteiger partial charge on any atom is 0.262 e. The number of methoxy groups -OCH3 is 1. The van der Waals surface area contributed by atoms with Crippen LogP contribution in [0.25, 0.3) is 10.2 Å². The summed E-state index contributed by atoms with van der Waals surface area (Å²) in [5.41, 5.74) is 2.56. The van der Waals surface area contributed by atoms with E-state index >= 15 is 0 Å². The van der Waals surface area contributed by atoms with Gasteiger partial charge in [-0.1, -0.05) is 12.1 Å². The summed E-state index contributed by atoms with van der Waals surface area (Å²) in [6, 6.07) is 8.68. The lowest BCUT2D eigenvalue weighted by Crippen LogP contribution is -2.36. The molecule has 1 aliphatic carbocycles. The average molecular weight is 410 g/mol.